The summed E-state index contributed by atoms with van der Waals surface area (Å²) in [5.74, 6) is 0.925. The summed E-state index contributed by atoms with van der Waals surface area (Å²) in [6, 6.07) is 1.40. The van der Waals surface area contributed by atoms with Crippen molar-refractivity contribution in [1.82, 2.24) is 10.2 Å². The molecule has 1 N–H and O–H groups in total. The van der Waals surface area contributed by atoms with Gasteiger partial charge in [0, 0.05) is 31.7 Å². The van der Waals surface area contributed by atoms with Crippen LogP contribution in [0.5, 0.6) is 0 Å². The van der Waals surface area contributed by atoms with Crippen molar-refractivity contribution in [3.63, 3.8) is 0 Å². The van der Waals surface area contributed by atoms with Crippen molar-refractivity contribution in [3.05, 3.63) is 12.7 Å². The first-order chi connectivity index (χ1) is 7.81. The maximum atomic E-state index is 3.86. The zero-order valence-corrected chi connectivity index (χ0v) is 10.6. The molecule has 1 aliphatic carbocycles. The molecule has 1 saturated heterocycles. The van der Waals surface area contributed by atoms with Crippen LogP contribution in [0.25, 0.3) is 0 Å². The number of hydrogen-bond acceptors (Lipinski definition) is 2. The first kappa shape index (κ1) is 12.1. The molecule has 0 bridgehead atoms. The van der Waals surface area contributed by atoms with Gasteiger partial charge in [-0.25, -0.2) is 0 Å². The summed E-state index contributed by atoms with van der Waals surface area (Å²) in [5, 5.41) is 3.75. The van der Waals surface area contributed by atoms with Crippen LogP contribution in [0, 0.1) is 5.92 Å². The van der Waals surface area contributed by atoms with Crippen molar-refractivity contribution in [1.29, 1.82) is 0 Å². The zero-order valence-electron chi connectivity index (χ0n) is 10.6. The average molecular weight is 222 g/mol. The van der Waals surface area contributed by atoms with Crippen LogP contribution >= 0.6 is 0 Å². The van der Waals surface area contributed by atoms with E-state index in [4.69, 9.17) is 0 Å². The van der Waals surface area contributed by atoms with Gasteiger partial charge in [-0.3, -0.25) is 4.90 Å². The maximum Gasteiger partial charge on any atom is 0.0224 e. The van der Waals surface area contributed by atoms with Crippen LogP contribution in [0.15, 0.2) is 12.7 Å². The molecule has 0 radical (unpaired) electrons. The van der Waals surface area contributed by atoms with E-state index < -0.39 is 0 Å². The average Bonchev–Trinajstić information content (AvgIpc) is 2.33. The van der Waals surface area contributed by atoms with Gasteiger partial charge in [0.25, 0.3) is 0 Å². The highest BCUT2D eigenvalue weighted by Crippen LogP contribution is 2.28. The van der Waals surface area contributed by atoms with Crippen LogP contribution < -0.4 is 5.32 Å². The predicted octanol–water partition coefficient (Wildman–Crippen LogP) is 2.42. The molecule has 0 amide bonds. The van der Waals surface area contributed by atoms with Gasteiger partial charge in [0.2, 0.25) is 0 Å². The lowest BCUT2D eigenvalue weighted by Gasteiger charge is -2.42. The molecule has 2 nitrogen and oxygen atoms in total. The third-order valence-corrected chi connectivity index (χ3v) is 4.31. The summed E-state index contributed by atoms with van der Waals surface area (Å²) in [7, 11) is 0. The fourth-order valence-corrected chi connectivity index (χ4v) is 3.22. The van der Waals surface area contributed by atoms with Gasteiger partial charge >= 0.3 is 0 Å². The van der Waals surface area contributed by atoms with Gasteiger partial charge in [-0.05, 0) is 25.7 Å². The molecule has 2 heteroatoms. The molecule has 1 saturated carbocycles. The van der Waals surface area contributed by atoms with Crippen LogP contribution in [0.3, 0.4) is 0 Å². The molecule has 16 heavy (non-hydrogen) atoms. The summed E-state index contributed by atoms with van der Waals surface area (Å²) >= 11 is 0. The van der Waals surface area contributed by atoms with E-state index >= 15 is 0 Å². The number of rotatable bonds is 3. The van der Waals surface area contributed by atoms with Crippen molar-refractivity contribution in [2.45, 2.75) is 51.1 Å². The van der Waals surface area contributed by atoms with Gasteiger partial charge in [-0.2, -0.15) is 0 Å². The molecular weight excluding hydrogens is 196 g/mol. The molecule has 2 fully saturated rings. The first-order valence-electron chi connectivity index (χ1n) is 6.89. The normalized spacial score (nSPS) is 33.8. The molecule has 0 aromatic rings. The lowest BCUT2D eigenvalue weighted by molar-refractivity contribution is 0.115. The van der Waals surface area contributed by atoms with Gasteiger partial charge in [0.1, 0.15) is 0 Å². The zero-order chi connectivity index (χ0) is 11.4. The fraction of sp³-hybridized carbons (Fsp3) is 0.857. The van der Waals surface area contributed by atoms with Gasteiger partial charge in [0.15, 0.2) is 0 Å². The lowest BCUT2D eigenvalue weighted by Crippen LogP contribution is -2.57. The third kappa shape index (κ3) is 2.86. The van der Waals surface area contributed by atoms with Gasteiger partial charge < -0.3 is 5.32 Å². The van der Waals surface area contributed by atoms with Crippen LogP contribution in [-0.2, 0) is 0 Å². The molecule has 0 spiro atoms. The highest BCUT2D eigenvalue weighted by Gasteiger charge is 2.30. The molecule has 2 atom stereocenters. The van der Waals surface area contributed by atoms with Crippen LogP contribution in [0.4, 0.5) is 0 Å². The van der Waals surface area contributed by atoms with E-state index in [1.165, 1.54) is 38.6 Å². The Labute approximate surface area is 100 Å². The Hall–Kier alpha value is -0.340. The van der Waals surface area contributed by atoms with Crippen LogP contribution in [-0.4, -0.2) is 36.6 Å². The number of nitrogens with zero attached hydrogens (tertiary/aromatic N) is 1. The second-order valence-electron chi connectivity index (χ2n) is 5.50. The van der Waals surface area contributed by atoms with Crippen molar-refractivity contribution in [2.75, 3.05) is 19.6 Å². The molecule has 0 aromatic carbocycles. The van der Waals surface area contributed by atoms with Crippen LogP contribution in [0.1, 0.15) is 39.0 Å². The summed E-state index contributed by atoms with van der Waals surface area (Å²) < 4.78 is 0. The topological polar surface area (TPSA) is 15.3 Å². The summed E-state index contributed by atoms with van der Waals surface area (Å²) in [5.41, 5.74) is 0. The van der Waals surface area contributed by atoms with Gasteiger partial charge in [-0.15, -0.1) is 6.58 Å². The molecule has 1 aliphatic heterocycles. The standard InChI is InChI=1S/C14H26N2/c1-3-9-16-11-14(15-10-12(16)2)13-7-5-4-6-8-13/h3,12-15H,1,4-11H2,2H3. The van der Waals surface area contributed by atoms with Crippen molar-refractivity contribution in [2.24, 2.45) is 5.92 Å². The quantitative estimate of drug-likeness (QED) is 0.738. The Morgan fingerprint density at radius 2 is 2.06 bits per heavy atom. The van der Waals surface area contributed by atoms with E-state index in [0.717, 1.165) is 25.0 Å². The molecule has 2 rings (SSSR count). The second-order valence-corrected chi connectivity index (χ2v) is 5.50. The number of hydrogen-bond donors (Lipinski definition) is 1. The minimum Gasteiger partial charge on any atom is -0.311 e. The van der Waals surface area contributed by atoms with Crippen molar-refractivity contribution >= 4 is 0 Å². The smallest absolute Gasteiger partial charge is 0.0224 e. The summed E-state index contributed by atoms with van der Waals surface area (Å²) in [6.45, 7) is 9.59. The molecule has 2 unspecified atom stereocenters. The minimum absolute atomic E-state index is 0.665. The van der Waals surface area contributed by atoms with E-state index in [9.17, 15) is 0 Å². The number of piperazine rings is 1. The van der Waals surface area contributed by atoms with E-state index in [1.807, 2.05) is 6.08 Å². The molecular formula is C14H26N2. The van der Waals surface area contributed by atoms with E-state index in [0.29, 0.717) is 6.04 Å². The van der Waals surface area contributed by atoms with Crippen LogP contribution in [0.2, 0.25) is 0 Å². The van der Waals surface area contributed by atoms with Crippen molar-refractivity contribution in [3.8, 4) is 0 Å². The maximum absolute atomic E-state index is 3.86. The van der Waals surface area contributed by atoms with E-state index in [-0.39, 0.29) is 0 Å². The van der Waals surface area contributed by atoms with Gasteiger partial charge in [-0.1, -0.05) is 25.3 Å². The highest BCUT2D eigenvalue weighted by molar-refractivity contribution is 4.91. The third-order valence-electron chi connectivity index (χ3n) is 4.31. The Kier molecular flexibility index (Phi) is 4.42. The molecule has 2 aliphatic rings. The Morgan fingerprint density at radius 3 is 2.75 bits per heavy atom. The van der Waals surface area contributed by atoms with Gasteiger partial charge in [0.05, 0.1) is 0 Å². The molecule has 1 heterocycles. The SMILES string of the molecule is C=CCN1CC(C2CCCCC2)NCC1C. The second kappa shape index (κ2) is 5.83. The minimum atomic E-state index is 0.665. The largest absolute Gasteiger partial charge is 0.311 e. The monoisotopic (exact) mass is 222 g/mol. The fourth-order valence-electron chi connectivity index (χ4n) is 3.22. The van der Waals surface area contributed by atoms with Crippen molar-refractivity contribution < 1.29 is 0 Å². The Bertz CT molecular complexity index is 221. The first-order valence-corrected chi connectivity index (χ1v) is 6.89. The number of nitrogens with one attached hydrogen (secondary N) is 1. The Balaban J connectivity index is 1.88. The lowest BCUT2D eigenvalue weighted by atomic mass is 9.82. The van der Waals surface area contributed by atoms with E-state index in [1.54, 1.807) is 0 Å². The molecule has 0 aromatic heterocycles. The van der Waals surface area contributed by atoms with E-state index in [2.05, 4.69) is 23.7 Å². The highest BCUT2D eigenvalue weighted by atomic mass is 15.2. The summed E-state index contributed by atoms with van der Waals surface area (Å²) in [6.07, 6.45) is 9.26. The molecule has 92 valence electrons. The summed E-state index contributed by atoms with van der Waals surface area (Å²) in [4.78, 5) is 2.57. The predicted molar refractivity (Wildman–Crippen MR) is 69.6 cm³/mol. The Morgan fingerprint density at radius 1 is 1.31 bits per heavy atom.